The molecule has 3 rings (SSSR count). The molecule has 0 heterocycles. The molecule has 0 aliphatic heterocycles. The summed E-state index contributed by atoms with van der Waals surface area (Å²) in [6, 6.07) is 12.3. The van der Waals surface area contributed by atoms with Crippen LogP contribution in [0.3, 0.4) is 0 Å². The molecule has 0 saturated heterocycles. The van der Waals surface area contributed by atoms with Crippen LogP contribution in [0.1, 0.15) is 11.1 Å². The van der Waals surface area contributed by atoms with E-state index in [-0.39, 0.29) is 11.3 Å². The van der Waals surface area contributed by atoms with Gasteiger partial charge in [-0.25, -0.2) is 26.9 Å². The summed E-state index contributed by atoms with van der Waals surface area (Å²) < 4.78 is 67.1. The van der Waals surface area contributed by atoms with Crippen LogP contribution >= 0.6 is 0 Å². The third-order valence-corrected chi connectivity index (χ3v) is 3.96. The van der Waals surface area contributed by atoms with Gasteiger partial charge in [0.25, 0.3) is 0 Å². The lowest BCUT2D eigenvalue weighted by atomic mass is 9.99. The summed E-state index contributed by atoms with van der Waals surface area (Å²) in [5.41, 5.74) is 0.692. The second-order valence-electron chi connectivity index (χ2n) is 5.77. The molecule has 138 valence electrons. The fourth-order valence-electron chi connectivity index (χ4n) is 2.54. The first-order chi connectivity index (χ1) is 12.8. The summed E-state index contributed by atoms with van der Waals surface area (Å²) in [4.78, 5) is 3.39. The Bertz CT molecular complexity index is 1020. The molecule has 3 aromatic rings. The monoisotopic (exact) mass is 377 g/mol. The smallest absolute Gasteiger partial charge is 0.200 e. The predicted octanol–water partition coefficient (Wildman–Crippen LogP) is 5.81. The normalized spacial score (nSPS) is 11.3. The summed E-state index contributed by atoms with van der Waals surface area (Å²) in [7, 11) is 0. The minimum atomic E-state index is -2.26. The van der Waals surface area contributed by atoms with Crippen molar-refractivity contribution in [3.05, 3.63) is 82.7 Å². The Labute approximate surface area is 151 Å². The Morgan fingerprint density at radius 3 is 1.93 bits per heavy atom. The van der Waals surface area contributed by atoms with Gasteiger partial charge in [0.05, 0.1) is 0 Å². The lowest BCUT2D eigenvalue weighted by Crippen LogP contribution is -2.01. The van der Waals surface area contributed by atoms with E-state index in [2.05, 4.69) is 4.99 Å². The first-order valence-corrected chi connectivity index (χ1v) is 7.75. The van der Waals surface area contributed by atoms with Crippen LogP contribution in [0.4, 0.5) is 27.6 Å². The van der Waals surface area contributed by atoms with Crippen LogP contribution in [0, 0.1) is 36.0 Å². The van der Waals surface area contributed by atoms with Crippen LogP contribution in [-0.2, 0) is 0 Å². The van der Waals surface area contributed by atoms with Crippen molar-refractivity contribution >= 4 is 11.9 Å². The van der Waals surface area contributed by atoms with E-state index in [1.165, 1.54) is 6.07 Å². The molecule has 0 unspecified atom stereocenters. The van der Waals surface area contributed by atoms with E-state index in [0.717, 1.165) is 11.8 Å². The zero-order chi connectivity index (χ0) is 19.7. The first-order valence-electron chi connectivity index (χ1n) is 7.75. The predicted molar refractivity (Wildman–Crippen MR) is 91.8 cm³/mol. The van der Waals surface area contributed by atoms with Crippen molar-refractivity contribution in [3.8, 4) is 16.9 Å². The zero-order valence-electron chi connectivity index (χ0n) is 13.9. The number of hydrogen-bond acceptors (Lipinski definition) is 2. The van der Waals surface area contributed by atoms with Gasteiger partial charge in [-0.3, -0.25) is 0 Å². The van der Waals surface area contributed by atoms with Crippen LogP contribution < -0.4 is 0 Å². The second kappa shape index (κ2) is 7.19. The fraction of sp³-hybridized carbons (Fsp3) is 0.0500. The van der Waals surface area contributed by atoms with Gasteiger partial charge in [-0.15, -0.1) is 0 Å². The standard InChI is InChI=1S/C20H12F5NO/c1-10-7-12(11-5-3-2-4-6-11)8-13(20(10)27)9-26-19-17(24)15(22)14(21)16(23)18(19)25/h2-9,27H,1H3. The molecule has 0 amide bonds. The van der Waals surface area contributed by atoms with Crippen LogP contribution in [-0.4, -0.2) is 11.3 Å². The molecular weight excluding hydrogens is 365 g/mol. The van der Waals surface area contributed by atoms with E-state index in [9.17, 15) is 27.1 Å². The van der Waals surface area contributed by atoms with Gasteiger partial charge < -0.3 is 5.11 Å². The van der Waals surface area contributed by atoms with Gasteiger partial charge in [0, 0.05) is 11.8 Å². The Hall–Kier alpha value is -3.22. The molecule has 0 saturated carbocycles. The number of benzene rings is 3. The van der Waals surface area contributed by atoms with Crippen molar-refractivity contribution in [2.45, 2.75) is 6.92 Å². The highest BCUT2D eigenvalue weighted by Crippen LogP contribution is 2.32. The molecule has 2 nitrogen and oxygen atoms in total. The van der Waals surface area contributed by atoms with Crippen molar-refractivity contribution in [2.75, 3.05) is 0 Å². The Morgan fingerprint density at radius 1 is 0.778 bits per heavy atom. The number of hydrogen-bond donors (Lipinski definition) is 1. The van der Waals surface area contributed by atoms with E-state index in [0.29, 0.717) is 11.1 Å². The zero-order valence-corrected chi connectivity index (χ0v) is 13.9. The third-order valence-electron chi connectivity index (χ3n) is 3.96. The molecule has 1 N–H and O–H groups in total. The highest BCUT2D eigenvalue weighted by molar-refractivity contribution is 5.88. The number of aryl methyl sites for hydroxylation is 1. The number of phenols is 1. The Kier molecular flexibility index (Phi) is 4.94. The van der Waals surface area contributed by atoms with Crippen LogP contribution in [0.15, 0.2) is 47.5 Å². The van der Waals surface area contributed by atoms with Gasteiger partial charge in [0.1, 0.15) is 11.4 Å². The highest BCUT2D eigenvalue weighted by atomic mass is 19.2. The van der Waals surface area contributed by atoms with E-state index >= 15 is 0 Å². The van der Waals surface area contributed by atoms with Crippen LogP contribution in [0.5, 0.6) is 5.75 Å². The topological polar surface area (TPSA) is 32.6 Å². The molecule has 0 atom stereocenters. The number of phenolic OH excluding ortho intramolecular Hbond substituents is 1. The van der Waals surface area contributed by atoms with Gasteiger partial charge in [0.15, 0.2) is 23.3 Å². The van der Waals surface area contributed by atoms with Crippen molar-refractivity contribution in [1.29, 1.82) is 0 Å². The number of halogens is 5. The number of aromatic hydroxyl groups is 1. The van der Waals surface area contributed by atoms with Gasteiger partial charge in [-0.1, -0.05) is 30.3 Å². The maximum absolute atomic E-state index is 13.7. The number of nitrogens with zero attached hydrogens (tertiary/aromatic N) is 1. The Balaban J connectivity index is 2.10. The lowest BCUT2D eigenvalue weighted by Gasteiger charge is -2.09. The Morgan fingerprint density at radius 2 is 1.33 bits per heavy atom. The van der Waals surface area contributed by atoms with Crippen molar-refractivity contribution < 1.29 is 27.1 Å². The highest BCUT2D eigenvalue weighted by Gasteiger charge is 2.25. The van der Waals surface area contributed by atoms with Gasteiger partial charge in [-0.2, -0.15) is 0 Å². The van der Waals surface area contributed by atoms with Crippen LogP contribution in [0.25, 0.3) is 11.1 Å². The van der Waals surface area contributed by atoms with Crippen molar-refractivity contribution in [3.63, 3.8) is 0 Å². The minimum Gasteiger partial charge on any atom is -0.507 e. The fourth-order valence-corrected chi connectivity index (χ4v) is 2.54. The second-order valence-corrected chi connectivity index (χ2v) is 5.77. The van der Waals surface area contributed by atoms with Gasteiger partial charge >= 0.3 is 0 Å². The summed E-state index contributed by atoms with van der Waals surface area (Å²) in [6.45, 7) is 1.61. The van der Waals surface area contributed by atoms with Crippen molar-refractivity contribution in [1.82, 2.24) is 0 Å². The largest absolute Gasteiger partial charge is 0.507 e. The minimum absolute atomic E-state index is 0.0674. The lowest BCUT2D eigenvalue weighted by molar-refractivity contribution is 0.381. The third kappa shape index (κ3) is 3.40. The summed E-state index contributed by atoms with van der Waals surface area (Å²) >= 11 is 0. The molecule has 0 aliphatic carbocycles. The molecule has 0 bridgehead atoms. The van der Waals surface area contributed by atoms with Gasteiger partial charge in [-0.05, 0) is 35.7 Å². The maximum Gasteiger partial charge on any atom is 0.200 e. The van der Waals surface area contributed by atoms with E-state index in [4.69, 9.17) is 0 Å². The first kappa shape index (κ1) is 18.6. The summed E-state index contributed by atoms with van der Waals surface area (Å²) in [6.07, 6.45) is 0.854. The van der Waals surface area contributed by atoms with Crippen LogP contribution in [0.2, 0.25) is 0 Å². The molecule has 27 heavy (non-hydrogen) atoms. The van der Waals surface area contributed by atoms with Crippen molar-refractivity contribution in [2.24, 2.45) is 4.99 Å². The molecule has 0 aromatic heterocycles. The van der Waals surface area contributed by atoms with E-state index in [1.54, 1.807) is 25.1 Å². The molecular formula is C20H12F5NO. The molecule has 0 fully saturated rings. The SMILES string of the molecule is Cc1cc(-c2ccccc2)cc(C=Nc2c(F)c(F)c(F)c(F)c2F)c1O. The molecule has 0 aliphatic rings. The number of rotatable bonds is 3. The molecule has 7 heteroatoms. The van der Waals surface area contributed by atoms with E-state index in [1.807, 2.05) is 18.2 Å². The average molecular weight is 377 g/mol. The molecule has 3 aromatic carbocycles. The van der Waals surface area contributed by atoms with Gasteiger partial charge in [0.2, 0.25) is 5.82 Å². The quantitative estimate of drug-likeness (QED) is 0.266. The summed E-state index contributed by atoms with van der Waals surface area (Å²) in [5.74, 6) is -10.7. The maximum atomic E-state index is 13.7. The average Bonchev–Trinajstić information content (AvgIpc) is 2.68. The summed E-state index contributed by atoms with van der Waals surface area (Å²) in [5, 5.41) is 10.2. The molecule has 0 spiro atoms. The number of aliphatic imine (C=N–C) groups is 1. The van der Waals surface area contributed by atoms with E-state index < -0.39 is 34.8 Å². The molecule has 0 radical (unpaired) electrons.